The molecule has 0 fully saturated rings. The number of aryl methyl sites for hydroxylation is 2. The molecule has 0 unspecified atom stereocenters. The number of thioether (sulfide) groups is 1. The first kappa shape index (κ1) is 21.2. The van der Waals surface area contributed by atoms with Crippen molar-refractivity contribution in [3.05, 3.63) is 70.0 Å². The molecule has 0 aliphatic rings. The summed E-state index contributed by atoms with van der Waals surface area (Å²) in [7, 11) is 1.87. The van der Waals surface area contributed by atoms with Crippen LogP contribution in [0.3, 0.4) is 0 Å². The fourth-order valence-electron chi connectivity index (χ4n) is 2.59. The van der Waals surface area contributed by atoms with Gasteiger partial charge in [-0.2, -0.15) is 0 Å². The third kappa shape index (κ3) is 5.98. The number of carbonyl (C=O) groups excluding carboxylic acids is 1. The van der Waals surface area contributed by atoms with E-state index in [1.807, 2.05) is 49.7 Å². The highest BCUT2D eigenvalue weighted by Gasteiger charge is 2.12. The van der Waals surface area contributed by atoms with E-state index in [1.54, 1.807) is 12.1 Å². The largest absolute Gasteiger partial charge is 0.485 e. The van der Waals surface area contributed by atoms with Gasteiger partial charge in [-0.1, -0.05) is 47.6 Å². The van der Waals surface area contributed by atoms with Gasteiger partial charge in [-0.3, -0.25) is 4.79 Å². The molecule has 3 rings (SSSR count). The lowest BCUT2D eigenvalue weighted by atomic mass is 10.1. The molecule has 0 saturated carbocycles. The van der Waals surface area contributed by atoms with E-state index >= 15 is 0 Å². The summed E-state index contributed by atoms with van der Waals surface area (Å²) in [6.45, 7) is 4.82. The summed E-state index contributed by atoms with van der Waals surface area (Å²) in [6.07, 6.45) is 0. The Morgan fingerprint density at radius 2 is 1.93 bits per heavy atom. The van der Waals surface area contributed by atoms with Crippen molar-refractivity contribution in [2.45, 2.75) is 32.2 Å². The molecule has 0 radical (unpaired) electrons. The van der Waals surface area contributed by atoms with Crippen LogP contribution < -0.4 is 10.1 Å². The Hall–Kier alpha value is -2.51. The van der Waals surface area contributed by atoms with Crippen molar-refractivity contribution in [2.24, 2.45) is 7.05 Å². The number of benzene rings is 2. The van der Waals surface area contributed by atoms with Crippen LogP contribution in [0.2, 0.25) is 5.02 Å². The molecule has 0 aliphatic carbocycles. The van der Waals surface area contributed by atoms with Crippen LogP contribution in [-0.2, 0) is 25.0 Å². The van der Waals surface area contributed by atoms with Crippen LogP contribution in [0.4, 0.5) is 0 Å². The van der Waals surface area contributed by atoms with Crippen LogP contribution in [0, 0.1) is 13.8 Å². The van der Waals surface area contributed by atoms with E-state index in [2.05, 4.69) is 21.6 Å². The monoisotopic (exact) mass is 430 g/mol. The standard InChI is InChI=1S/C21H23ClN4O2S/c1-14-4-5-15(2)18(10-14)28-12-19-24-25-21(26(19)3)29-13-20(27)23-11-16-6-8-17(22)9-7-16/h4-10H,11-13H2,1-3H3,(H,23,27). The smallest absolute Gasteiger partial charge is 0.230 e. The molecule has 3 aromatic rings. The van der Waals surface area contributed by atoms with Crippen LogP contribution in [0.15, 0.2) is 47.6 Å². The van der Waals surface area contributed by atoms with Crippen molar-refractivity contribution in [3.63, 3.8) is 0 Å². The molecular weight excluding hydrogens is 408 g/mol. The van der Waals surface area contributed by atoms with Gasteiger partial charge in [0, 0.05) is 18.6 Å². The number of carbonyl (C=O) groups is 1. The highest BCUT2D eigenvalue weighted by Crippen LogP contribution is 2.21. The van der Waals surface area contributed by atoms with Crippen molar-refractivity contribution in [1.82, 2.24) is 20.1 Å². The topological polar surface area (TPSA) is 69.0 Å². The van der Waals surface area contributed by atoms with Gasteiger partial charge in [0.2, 0.25) is 5.91 Å². The summed E-state index contributed by atoms with van der Waals surface area (Å²) in [5.41, 5.74) is 3.21. The molecule has 1 heterocycles. The highest BCUT2D eigenvalue weighted by atomic mass is 35.5. The Bertz CT molecular complexity index is 989. The molecule has 0 bridgehead atoms. The lowest BCUT2D eigenvalue weighted by molar-refractivity contribution is -0.118. The minimum absolute atomic E-state index is 0.0684. The zero-order valence-corrected chi connectivity index (χ0v) is 18.2. The van der Waals surface area contributed by atoms with E-state index in [4.69, 9.17) is 16.3 Å². The van der Waals surface area contributed by atoms with Gasteiger partial charge in [0.05, 0.1) is 5.75 Å². The number of halogens is 1. The zero-order chi connectivity index (χ0) is 20.8. The first-order valence-electron chi connectivity index (χ1n) is 9.14. The highest BCUT2D eigenvalue weighted by molar-refractivity contribution is 7.99. The summed E-state index contributed by atoms with van der Waals surface area (Å²) in [5, 5.41) is 12.6. The fraction of sp³-hybridized carbons (Fsp3) is 0.286. The first-order chi connectivity index (χ1) is 13.9. The molecule has 1 N–H and O–H groups in total. The van der Waals surface area contributed by atoms with Gasteiger partial charge in [0.1, 0.15) is 12.4 Å². The molecule has 0 spiro atoms. The predicted molar refractivity (Wildman–Crippen MR) is 115 cm³/mol. The van der Waals surface area contributed by atoms with E-state index in [1.165, 1.54) is 11.8 Å². The summed E-state index contributed by atoms with van der Waals surface area (Å²) >= 11 is 7.21. The number of amides is 1. The Kier molecular flexibility index (Phi) is 7.17. The van der Waals surface area contributed by atoms with Crippen molar-refractivity contribution in [3.8, 4) is 5.75 Å². The Morgan fingerprint density at radius 1 is 1.17 bits per heavy atom. The maximum absolute atomic E-state index is 12.1. The lowest BCUT2D eigenvalue weighted by Gasteiger charge is -2.10. The van der Waals surface area contributed by atoms with Crippen LogP contribution in [0.25, 0.3) is 0 Å². The molecule has 0 aliphatic heterocycles. The van der Waals surface area contributed by atoms with Crippen molar-refractivity contribution in [1.29, 1.82) is 0 Å². The second-order valence-corrected chi connectivity index (χ2v) is 8.09. The molecule has 0 saturated heterocycles. The Labute approximate surface area is 179 Å². The van der Waals surface area contributed by atoms with Gasteiger partial charge in [-0.15, -0.1) is 10.2 Å². The molecule has 152 valence electrons. The summed E-state index contributed by atoms with van der Waals surface area (Å²) in [6, 6.07) is 13.5. The van der Waals surface area contributed by atoms with Crippen molar-refractivity contribution in [2.75, 3.05) is 5.75 Å². The van der Waals surface area contributed by atoms with Gasteiger partial charge in [-0.25, -0.2) is 0 Å². The molecular formula is C21H23ClN4O2S. The molecule has 8 heteroatoms. The average Bonchev–Trinajstić information content (AvgIpc) is 3.06. The summed E-state index contributed by atoms with van der Waals surface area (Å²) in [4.78, 5) is 12.1. The Morgan fingerprint density at radius 3 is 2.69 bits per heavy atom. The quantitative estimate of drug-likeness (QED) is 0.545. The SMILES string of the molecule is Cc1ccc(C)c(OCc2nnc(SCC(=O)NCc3ccc(Cl)cc3)n2C)c1. The van der Waals surface area contributed by atoms with Crippen LogP contribution >= 0.6 is 23.4 Å². The van der Waals surface area contributed by atoms with E-state index in [0.29, 0.717) is 29.2 Å². The molecule has 2 aromatic carbocycles. The molecule has 1 amide bonds. The minimum atomic E-state index is -0.0684. The molecule has 6 nitrogen and oxygen atoms in total. The molecule has 1 aromatic heterocycles. The molecule has 29 heavy (non-hydrogen) atoms. The second-order valence-electron chi connectivity index (χ2n) is 6.71. The third-order valence-electron chi connectivity index (χ3n) is 4.36. The van der Waals surface area contributed by atoms with Gasteiger partial charge < -0.3 is 14.6 Å². The van der Waals surface area contributed by atoms with Crippen LogP contribution in [0.1, 0.15) is 22.5 Å². The predicted octanol–water partition coefficient (Wildman–Crippen LogP) is 4.07. The number of aromatic nitrogens is 3. The van der Waals surface area contributed by atoms with Gasteiger partial charge in [0.15, 0.2) is 11.0 Å². The van der Waals surface area contributed by atoms with E-state index in [-0.39, 0.29) is 11.7 Å². The Balaban J connectivity index is 1.49. The van der Waals surface area contributed by atoms with E-state index < -0.39 is 0 Å². The lowest BCUT2D eigenvalue weighted by Crippen LogP contribution is -2.24. The fourth-order valence-corrected chi connectivity index (χ4v) is 3.47. The number of nitrogens with zero attached hydrogens (tertiary/aromatic N) is 3. The van der Waals surface area contributed by atoms with E-state index in [9.17, 15) is 4.79 Å². The van der Waals surface area contributed by atoms with Crippen molar-refractivity contribution >= 4 is 29.3 Å². The number of rotatable bonds is 8. The summed E-state index contributed by atoms with van der Waals surface area (Å²) < 4.78 is 7.75. The maximum atomic E-state index is 12.1. The third-order valence-corrected chi connectivity index (χ3v) is 5.63. The normalized spacial score (nSPS) is 10.8. The number of hydrogen-bond donors (Lipinski definition) is 1. The number of ether oxygens (including phenoxy) is 1. The van der Waals surface area contributed by atoms with Crippen LogP contribution in [0.5, 0.6) is 5.75 Å². The van der Waals surface area contributed by atoms with E-state index in [0.717, 1.165) is 22.4 Å². The van der Waals surface area contributed by atoms with Gasteiger partial charge in [0.25, 0.3) is 0 Å². The van der Waals surface area contributed by atoms with Gasteiger partial charge in [-0.05, 0) is 48.7 Å². The van der Waals surface area contributed by atoms with Gasteiger partial charge >= 0.3 is 0 Å². The van der Waals surface area contributed by atoms with Crippen molar-refractivity contribution < 1.29 is 9.53 Å². The summed E-state index contributed by atoms with van der Waals surface area (Å²) in [5.74, 6) is 1.73. The number of nitrogens with one attached hydrogen (secondary N) is 1. The minimum Gasteiger partial charge on any atom is -0.485 e. The second kappa shape index (κ2) is 9.80. The zero-order valence-electron chi connectivity index (χ0n) is 16.6. The average molecular weight is 431 g/mol. The van der Waals surface area contributed by atoms with Crippen LogP contribution in [-0.4, -0.2) is 26.4 Å². The molecule has 0 atom stereocenters. The maximum Gasteiger partial charge on any atom is 0.230 e. The first-order valence-corrected chi connectivity index (χ1v) is 10.5. The number of hydrogen-bond acceptors (Lipinski definition) is 5.